The zero-order chi connectivity index (χ0) is 25.2. The topological polar surface area (TPSA) is 80.2 Å². The highest BCUT2D eigenvalue weighted by molar-refractivity contribution is 6.04. The van der Waals surface area contributed by atoms with Crippen LogP contribution in [0.25, 0.3) is 11.1 Å². The smallest absolute Gasteiger partial charge is 0.257 e. The van der Waals surface area contributed by atoms with Crippen molar-refractivity contribution in [2.45, 2.75) is 33.1 Å². The molecule has 0 aliphatic carbocycles. The Morgan fingerprint density at radius 2 is 1.91 bits per heavy atom. The Hall–Kier alpha value is -3.83. The van der Waals surface area contributed by atoms with Crippen LogP contribution in [0.4, 0.5) is 15.8 Å². The van der Waals surface area contributed by atoms with E-state index in [2.05, 4.69) is 31.3 Å². The third kappa shape index (κ3) is 5.31. The van der Waals surface area contributed by atoms with Crippen LogP contribution in [-0.4, -0.2) is 47.4 Å². The monoisotopic (exact) mass is 473 g/mol. The maximum absolute atomic E-state index is 14.9. The molecule has 1 saturated heterocycles. The minimum absolute atomic E-state index is 0.0682. The molecule has 8 heteroatoms. The summed E-state index contributed by atoms with van der Waals surface area (Å²) in [6, 6.07) is 6.66. The lowest BCUT2D eigenvalue weighted by Crippen LogP contribution is -2.36. The van der Waals surface area contributed by atoms with E-state index in [0.717, 1.165) is 16.8 Å². The molecule has 0 atom stereocenters. The second kappa shape index (κ2) is 9.80. The van der Waals surface area contributed by atoms with Crippen LogP contribution in [0.3, 0.4) is 0 Å². The molecule has 0 spiro atoms. The van der Waals surface area contributed by atoms with Gasteiger partial charge in [-0.25, -0.2) is 9.37 Å². The van der Waals surface area contributed by atoms with Gasteiger partial charge in [0.25, 0.3) is 5.91 Å². The molecule has 35 heavy (non-hydrogen) atoms. The lowest BCUT2D eigenvalue weighted by molar-refractivity contribution is 0.102. The van der Waals surface area contributed by atoms with Crippen molar-refractivity contribution in [3.8, 4) is 23.5 Å². The summed E-state index contributed by atoms with van der Waals surface area (Å²) in [6.07, 6.45) is 8.73. The number of benzene rings is 1. The number of aromatic nitrogens is 3. The van der Waals surface area contributed by atoms with Gasteiger partial charge >= 0.3 is 0 Å². The fourth-order valence-electron chi connectivity index (χ4n) is 3.89. The number of anilines is 2. The number of carbonyl (C=O) groups is 1. The minimum atomic E-state index is -0.528. The van der Waals surface area contributed by atoms with Crippen molar-refractivity contribution in [3.63, 3.8) is 0 Å². The highest BCUT2D eigenvalue weighted by Crippen LogP contribution is 2.32. The van der Waals surface area contributed by atoms with E-state index in [-0.39, 0.29) is 11.1 Å². The van der Waals surface area contributed by atoms with E-state index in [9.17, 15) is 9.18 Å². The quantitative estimate of drug-likeness (QED) is 0.568. The maximum atomic E-state index is 14.9. The highest BCUT2D eigenvalue weighted by atomic mass is 19.1. The molecule has 4 rings (SSSR count). The zero-order valence-electron chi connectivity index (χ0n) is 20.4. The standard InChI is InChI=1S/C27H28FN5O2/c1-6-22-24(33-7-9-35-10-8-33)12-18(15-29-22)20-14-23(21(28)11-17(20)2)31-26(34)19-13-25(27(3,4)5)32-30-16-19/h1,11-16H,7-10H2,2-5H3,(H,31,34). The molecule has 1 fully saturated rings. The summed E-state index contributed by atoms with van der Waals surface area (Å²) < 4.78 is 20.3. The van der Waals surface area contributed by atoms with Crippen LogP contribution < -0.4 is 10.2 Å². The van der Waals surface area contributed by atoms with Gasteiger partial charge in [-0.2, -0.15) is 10.2 Å². The summed E-state index contributed by atoms with van der Waals surface area (Å²) in [5, 5.41) is 10.7. The number of nitrogens with zero attached hydrogens (tertiary/aromatic N) is 4. The number of pyridine rings is 1. The van der Waals surface area contributed by atoms with Crippen LogP contribution in [0.5, 0.6) is 0 Å². The molecule has 3 aromatic rings. The van der Waals surface area contributed by atoms with E-state index < -0.39 is 11.7 Å². The normalized spacial score (nSPS) is 13.9. The van der Waals surface area contributed by atoms with E-state index in [1.165, 1.54) is 12.3 Å². The number of hydrogen-bond acceptors (Lipinski definition) is 6. The first-order valence-electron chi connectivity index (χ1n) is 11.4. The zero-order valence-corrected chi connectivity index (χ0v) is 20.4. The average molecular weight is 474 g/mol. The van der Waals surface area contributed by atoms with Crippen LogP contribution in [-0.2, 0) is 10.2 Å². The fraction of sp³-hybridized carbons (Fsp3) is 0.333. The van der Waals surface area contributed by atoms with Gasteiger partial charge in [-0.05, 0) is 48.2 Å². The SMILES string of the molecule is C#Cc1ncc(-c2cc(NC(=O)c3cnnc(C(C)(C)C)c3)c(F)cc2C)cc1N1CCOCC1. The minimum Gasteiger partial charge on any atom is -0.378 e. The first kappa shape index (κ1) is 24.3. The second-order valence-corrected chi connectivity index (χ2v) is 9.52. The molecule has 1 aliphatic heterocycles. The number of amides is 1. The molecular weight excluding hydrogens is 445 g/mol. The van der Waals surface area contributed by atoms with Gasteiger partial charge < -0.3 is 15.0 Å². The third-order valence-electron chi connectivity index (χ3n) is 5.91. The Morgan fingerprint density at radius 3 is 2.60 bits per heavy atom. The number of aryl methyl sites for hydroxylation is 1. The maximum Gasteiger partial charge on any atom is 0.257 e. The molecule has 2 aromatic heterocycles. The van der Waals surface area contributed by atoms with Crippen LogP contribution >= 0.6 is 0 Å². The number of halogens is 1. The van der Waals surface area contributed by atoms with Crippen molar-refractivity contribution in [1.29, 1.82) is 0 Å². The van der Waals surface area contributed by atoms with Crippen LogP contribution in [0, 0.1) is 25.1 Å². The van der Waals surface area contributed by atoms with E-state index in [1.54, 1.807) is 18.3 Å². The largest absolute Gasteiger partial charge is 0.378 e. The molecule has 1 aromatic carbocycles. The summed E-state index contributed by atoms with van der Waals surface area (Å²) in [5.74, 6) is 1.65. The molecule has 1 amide bonds. The summed E-state index contributed by atoms with van der Waals surface area (Å²) in [5.41, 5.74) is 4.38. The van der Waals surface area contributed by atoms with Crippen LogP contribution in [0.1, 0.15) is 48.1 Å². The van der Waals surface area contributed by atoms with E-state index in [4.69, 9.17) is 11.2 Å². The third-order valence-corrected chi connectivity index (χ3v) is 5.91. The number of nitrogens with one attached hydrogen (secondary N) is 1. The molecule has 1 N–H and O–H groups in total. The number of carbonyl (C=O) groups excluding carboxylic acids is 1. The molecule has 7 nitrogen and oxygen atoms in total. The Kier molecular flexibility index (Phi) is 6.81. The molecule has 180 valence electrons. The number of rotatable bonds is 4. The van der Waals surface area contributed by atoms with Crippen molar-refractivity contribution in [2.75, 3.05) is 36.5 Å². The van der Waals surface area contributed by atoms with Crippen LogP contribution in [0.2, 0.25) is 0 Å². The van der Waals surface area contributed by atoms with Gasteiger partial charge in [0.1, 0.15) is 11.5 Å². The summed E-state index contributed by atoms with van der Waals surface area (Å²) in [7, 11) is 0. The highest BCUT2D eigenvalue weighted by Gasteiger charge is 2.20. The molecule has 0 radical (unpaired) electrons. The van der Waals surface area contributed by atoms with Crippen molar-refractivity contribution < 1.29 is 13.9 Å². The van der Waals surface area contributed by atoms with Gasteiger partial charge in [0.15, 0.2) is 0 Å². The average Bonchev–Trinajstić information content (AvgIpc) is 2.85. The second-order valence-electron chi connectivity index (χ2n) is 9.52. The Morgan fingerprint density at radius 1 is 1.17 bits per heavy atom. The number of ether oxygens (including phenoxy) is 1. The van der Waals surface area contributed by atoms with Crippen molar-refractivity contribution >= 4 is 17.3 Å². The molecular formula is C27H28FN5O2. The Labute approximate surface area is 204 Å². The van der Waals surface area contributed by atoms with E-state index in [1.807, 2.05) is 33.8 Å². The molecule has 0 saturated carbocycles. The van der Waals surface area contributed by atoms with Gasteiger partial charge in [0.2, 0.25) is 0 Å². The first-order chi connectivity index (χ1) is 16.7. The lowest BCUT2D eigenvalue weighted by Gasteiger charge is -2.29. The van der Waals surface area contributed by atoms with Gasteiger partial charge in [0.05, 0.1) is 42.0 Å². The van der Waals surface area contributed by atoms with Gasteiger partial charge in [-0.3, -0.25) is 4.79 Å². The summed E-state index contributed by atoms with van der Waals surface area (Å²) in [4.78, 5) is 19.5. The molecule has 0 bridgehead atoms. The number of morpholine rings is 1. The number of terminal acetylenes is 1. The number of hydrogen-bond donors (Lipinski definition) is 1. The van der Waals surface area contributed by atoms with Crippen molar-refractivity contribution in [2.24, 2.45) is 0 Å². The van der Waals surface area contributed by atoms with Gasteiger partial charge in [-0.15, -0.1) is 6.42 Å². The van der Waals surface area contributed by atoms with Crippen molar-refractivity contribution in [1.82, 2.24) is 15.2 Å². The van der Waals surface area contributed by atoms with E-state index >= 15 is 0 Å². The first-order valence-corrected chi connectivity index (χ1v) is 11.4. The van der Waals surface area contributed by atoms with Gasteiger partial charge in [-0.1, -0.05) is 20.8 Å². The lowest BCUT2D eigenvalue weighted by atomic mass is 9.91. The van der Waals surface area contributed by atoms with Crippen molar-refractivity contribution in [3.05, 3.63) is 65.0 Å². The summed E-state index contributed by atoms with van der Waals surface area (Å²) >= 11 is 0. The Balaban J connectivity index is 1.68. The van der Waals surface area contributed by atoms with E-state index in [0.29, 0.717) is 48.8 Å². The predicted octanol–water partition coefficient (Wildman–Crippen LogP) is 4.35. The molecule has 3 heterocycles. The summed E-state index contributed by atoms with van der Waals surface area (Å²) in [6.45, 7) is 10.4. The fourth-order valence-corrected chi connectivity index (χ4v) is 3.89. The van der Waals surface area contributed by atoms with Crippen LogP contribution in [0.15, 0.2) is 36.7 Å². The van der Waals surface area contributed by atoms with Gasteiger partial charge in [0, 0.05) is 30.3 Å². The Bertz CT molecular complexity index is 1300. The predicted molar refractivity (Wildman–Crippen MR) is 134 cm³/mol. The molecule has 0 unspecified atom stereocenters. The molecule has 1 aliphatic rings.